The quantitative estimate of drug-likeness (QED) is 0.806. The first kappa shape index (κ1) is 17.5. The Morgan fingerprint density at radius 3 is 2.65 bits per heavy atom. The van der Waals surface area contributed by atoms with Gasteiger partial charge in [0.1, 0.15) is 23.5 Å². The van der Waals surface area contributed by atoms with Gasteiger partial charge in [-0.2, -0.15) is 4.98 Å². The van der Waals surface area contributed by atoms with Gasteiger partial charge in [-0.1, -0.05) is 19.1 Å². The molecule has 2 rings (SSSR count). The highest BCUT2D eigenvalue weighted by atomic mass is 35.5. The van der Waals surface area contributed by atoms with Gasteiger partial charge >= 0.3 is 0 Å². The van der Waals surface area contributed by atoms with Crippen molar-refractivity contribution < 1.29 is 8.68 Å². The van der Waals surface area contributed by atoms with Crippen LogP contribution in [-0.4, -0.2) is 9.55 Å². The maximum absolute atomic E-state index is 14.0. The number of aryl methyl sites for hydroxylation is 3. The highest BCUT2D eigenvalue weighted by molar-refractivity contribution is 6.09. The van der Waals surface area contributed by atoms with E-state index in [0.717, 1.165) is 12.0 Å². The molecule has 23 heavy (non-hydrogen) atoms. The molecule has 1 heterocycles. The summed E-state index contributed by atoms with van der Waals surface area (Å²) in [5.41, 5.74) is 1.60. The average molecular weight is 339 g/mol. The third-order valence-electron chi connectivity index (χ3n) is 3.79. The van der Waals surface area contributed by atoms with Crippen LogP contribution in [0.2, 0.25) is 0 Å². The summed E-state index contributed by atoms with van der Waals surface area (Å²) in [6.45, 7) is 5.82. The zero-order valence-corrected chi connectivity index (χ0v) is 14.3. The number of halogens is 2. The van der Waals surface area contributed by atoms with E-state index >= 15 is 0 Å². The zero-order chi connectivity index (χ0) is 17.0. The number of benzene rings is 1. The summed E-state index contributed by atoms with van der Waals surface area (Å²) in [6, 6.07) is 5.12. The number of nitrogens with zero attached hydrogens (tertiary/aromatic N) is 2. The summed E-state index contributed by atoms with van der Waals surface area (Å²) in [7, 11) is 0. The Bertz CT molecular complexity index is 759. The van der Waals surface area contributed by atoms with Crippen LogP contribution in [0.15, 0.2) is 23.0 Å². The molecule has 0 fully saturated rings. The van der Waals surface area contributed by atoms with E-state index in [1.54, 1.807) is 17.6 Å². The van der Waals surface area contributed by atoms with E-state index in [1.165, 1.54) is 6.07 Å². The molecule has 0 saturated heterocycles. The molecule has 2 aromatic rings. The van der Waals surface area contributed by atoms with E-state index in [0.29, 0.717) is 36.3 Å². The molecule has 0 aliphatic rings. The van der Waals surface area contributed by atoms with Gasteiger partial charge < -0.3 is 4.29 Å². The lowest BCUT2D eigenvalue weighted by Gasteiger charge is -2.14. The smallest absolute Gasteiger partial charge is 0.260 e. The van der Waals surface area contributed by atoms with Crippen molar-refractivity contribution in [1.82, 2.24) is 9.55 Å². The van der Waals surface area contributed by atoms with Crippen molar-refractivity contribution in [2.75, 3.05) is 0 Å². The lowest BCUT2D eigenvalue weighted by molar-refractivity contribution is 0.527. The fraction of sp³-hybridized carbons (Fsp3) is 0.412. The fourth-order valence-corrected chi connectivity index (χ4v) is 2.63. The van der Waals surface area contributed by atoms with Gasteiger partial charge in [0.15, 0.2) is 0 Å². The van der Waals surface area contributed by atoms with Gasteiger partial charge in [-0.15, -0.1) is 0 Å². The number of hydrogen-bond acceptors (Lipinski definition) is 3. The maximum atomic E-state index is 14.0. The van der Waals surface area contributed by atoms with Crippen LogP contribution in [0.3, 0.4) is 0 Å². The van der Waals surface area contributed by atoms with Crippen molar-refractivity contribution in [3.05, 3.63) is 56.9 Å². The molecule has 124 valence electrons. The van der Waals surface area contributed by atoms with Gasteiger partial charge in [-0.25, -0.2) is 4.39 Å². The summed E-state index contributed by atoms with van der Waals surface area (Å²) < 4.78 is 20.2. The van der Waals surface area contributed by atoms with Crippen molar-refractivity contribution in [3.8, 4) is 5.88 Å². The Labute approximate surface area is 140 Å². The third-order valence-corrected chi connectivity index (χ3v) is 3.94. The molecule has 0 aliphatic carbocycles. The first-order valence-corrected chi connectivity index (χ1v) is 7.92. The summed E-state index contributed by atoms with van der Waals surface area (Å²) in [4.78, 5) is 16.8. The van der Waals surface area contributed by atoms with Gasteiger partial charge in [-0.3, -0.25) is 9.36 Å². The van der Waals surface area contributed by atoms with Crippen molar-refractivity contribution >= 4 is 11.9 Å². The van der Waals surface area contributed by atoms with Gasteiger partial charge in [0.25, 0.3) is 5.56 Å². The van der Waals surface area contributed by atoms with E-state index in [1.807, 2.05) is 19.9 Å². The van der Waals surface area contributed by atoms with Gasteiger partial charge in [0.2, 0.25) is 5.88 Å². The maximum Gasteiger partial charge on any atom is 0.260 e. The van der Waals surface area contributed by atoms with Gasteiger partial charge in [0, 0.05) is 13.0 Å². The predicted octanol–water partition coefficient (Wildman–Crippen LogP) is 3.73. The van der Waals surface area contributed by atoms with Gasteiger partial charge in [0.05, 0.1) is 5.56 Å². The Hall–Kier alpha value is -1.88. The molecule has 6 heteroatoms. The highest BCUT2D eigenvalue weighted by Crippen LogP contribution is 2.15. The van der Waals surface area contributed by atoms with Crippen LogP contribution in [0.1, 0.15) is 35.9 Å². The first-order valence-electron chi connectivity index (χ1n) is 7.61. The first-order chi connectivity index (χ1) is 11.0. The van der Waals surface area contributed by atoms with E-state index in [-0.39, 0.29) is 17.3 Å². The molecule has 0 amide bonds. The van der Waals surface area contributed by atoms with Crippen LogP contribution in [0.4, 0.5) is 4.39 Å². The number of aromatic nitrogens is 2. The second kappa shape index (κ2) is 7.59. The van der Waals surface area contributed by atoms with Crippen LogP contribution < -0.4 is 9.85 Å². The average Bonchev–Trinajstić information content (AvgIpc) is 2.52. The minimum absolute atomic E-state index is 0.137. The van der Waals surface area contributed by atoms with Crippen LogP contribution in [0, 0.1) is 19.7 Å². The van der Waals surface area contributed by atoms with Crippen molar-refractivity contribution in [2.45, 2.75) is 46.6 Å². The molecular formula is C17H20ClFN2O2. The van der Waals surface area contributed by atoms with Crippen LogP contribution in [0.5, 0.6) is 5.88 Å². The minimum Gasteiger partial charge on any atom is -0.364 e. The van der Waals surface area contributed by atoms with E-state index in [4.69, 9.17) is 11.9 Å². The Morgan fingerprint density at radius 1 is 1.30 bits per heavy atom. The lowest BCUT2D eigenvalue weighted by atomic mass is 10.1. The molecule has 0 unspecified atom stereocenters. The molecule has 0 atom stereocenters. The van der Waals surface area contributed by atoms with E-state index in [9.17, 15) is 9.18 Å². The number of rotatable bonds is 6. The van der Waals surface area contributed by atoms with Crippen molar-refractivity contribution in [2.24, 2.45) is 0 Å². The second-order valence-corrected chi connectivity index (χ2v) is 5.74. The molecule has 0 spiro atoms. The Balaban J connectivity index is 2.34. The summed E-state index contributed by atoms with van der Waals surface area (Å²) >= 11 is 5.38. The molecule has 0 aliphatic heterocycles. The topological polar surface area (TPSA) is 44.1 Å². The SMILES string of the molecule is CCCc1nc(OCl)c(C)c(=O)n1CCc1ccc(C)cc1F. The predicted molar refractivity (Wildman–Crippen MR) is 88.6 cm³/mol. The molecule has 1 aromatic carbocycles. The van der Waals surface area contributed by atoms with E-state index < -0.39 is 0 Å². The van der Waals surface area contributed by atoms with Crippen LogP contribution in [-0.2, 0) is 19.4 Å². The van der Waals surface area contributed by atoms with Crippen molar-refractivity contribution in [3.63, 3.8) is 0 Å². The van der Waals surface area contributed by atoms with Crippen molar-refractivity contribution in [1.29, 1.82) is 0 Å². The normalized spacial score (nSPS) is 10.8. The molecule has 0 radical (unpaired) electrons. The number of hydrogen-bond donors (Lipinski definition) is 0. The standard InChI is InChI=1S/C17H20ClFN2O2/c1-4-5-15-20-16(23-18)12(3)17(22)21(15)9-8-13-7-6-11(2)10-14(13)19/h6-7,10H,4-5,8-9H2,1-3H3. The zero-order valence-electron chi connectivity index (χ0n) is 13.5. The largest absolute Gasteiger partial charge is 0.364 e. The summed E-state index contributed by atoms with van der Waals surface area (Å²) in [6.07, 6.45) is 1.88. The monoisotopic (exact) mass is 338 g/mol. The molecule has 0 N–H and O–H groups in total. The van der Waals surface area contributed by atoms with Crippen LogP contribution in [0.25, 0.3) is 0 Å². The second-order valence-electron chi connectivity index (χ2n) is 5.59. The highest BCUT2D eigenvalue weighted by Gasteiger charge is 2.15. The third kappa shape index (κ3) is 3.91. The Kier molecular flexibility index (Phi) is 5.77. The summed E-state index contributed by atoms with van der Waals surface area (Å²) in [5.74, 6) is 0.490. The molecular weight excluding hydrogens is 319 g/mol. The molecule has 0 bridgehead atoms. The van der Waals surface area contributed by atoms with Gasteiger partial charge in [-0.05, 0) is 43.9 Å². The van der Waals surface area contributed by atoms with E-state index in [2.05, 4.69) is 9.27 Å². The fourth-order valence-electron chi connectivity index (χ4n) is 2.48. The molecule has 1 aromatic heterocycles. The molecule has 0 saturated carbocycles. The minimum atomic E-state index is -0.250. The Morgan fingerprint density at radius 2 is 2.04 bits per heavy atom. The lowest BCUT2D eigenvalue weighted by Crippen LogP contribution is -2.28. The molecule has 4 nitrogen and oxygen atoms in total. The summed E-state index contributed by atoms with van der Waals surface area (Å²) in [5, 5.41) is 0. The van der Waals surface area contributed by atoms with Crippen LogP contribution >= 0.6 is 11.9 Å².